The average molecular weight is 264 g/mol. The van der Waals surface area contributed by atoms with E-state index in [9.17, 15) is 14.4 Å². The smallest absolute Gasteiger partial charge is 0.324 e. The van der Waals surface area contributed by atoms with Crippen molar-refractivity contribution < 1.29 is 14.4 Å². The summed E-state index contributed by atoms with van der Waals surface area (Å²) in [4.78, 5) is 18.6. The topological polar surface area (TPSA) is 57.5 Å². The van der Waals surface area contributed by atoms with Crippen LogP contribution in [-0.2, 0) is 4.57 Å². The molecule has 0 saturated heterocycles. The van der Waals surface area contributed by atoms with E-state index in [-0.39, 0.29) is 0 Å². The lowest BCUT2D eigenvalue weighted by Crippen LogP contribution is -2.08. The summed E-state index contributed by atoms with van der Waals surface area (Å²) in [6.45, 7) is 4.29. The summed E-state index contributed by atoms with van der Waals surface area (Å²) in [7, 11) is -3.87. The van der Waals surface area contributed by atoms with Crippen LogP contribution in [0.3, 0.4) is 0 Å². The van der Waals surface area contributed by atoms with Crippen LogP contribution in [0.15, 0.2) is 0 Å². The lowest BCUT2D eigenvalue weighted by Gasteiger charge is -2.18. The van der Waals surface area contributed by atoms with Gasteiger partial charge >= 0.3 is 7.60 Å². The molecule has 0 atom stereocenters. The van der Waals surface area contributed by atoms with Crippen LogP contribution >= 0.6 is 7.60 Å². The van der Waals surface area contributed by atoms with Gasteiger partial charge in [-0.05, 0) is 12.8 Å². The van der Waals surface area contributed by atoms with Crippen LogP contribution in [0.1, 0.15) is 78.1 Å². The molecule has 4 heteroatoms. The van der Waals surface area contributed by atoms with Gasteiger partial charge in [-0.2, -0.15) is 0 Å². The minimum absolute atomic E-state index is 0.392. The Kier molecular flexibility index (Phi) is 10.2. The number of unbranched alkanes of at least 4 members (excludes halogenated alkanes) is 6. The van der Waals surface area contributed by atoms with Gasteiger partial charge in [0.05, 0.1) is 5.66 Å². The quantitative estimate of drug-likeness (QED) is 0.427. The lowest BCUT2D eigenvalue weighted by molar-refractivity contribution is 0.346. The maximum Gasteiger partial charge on any atom is 0.328 e. The molecule has 0 unspecified atom stereocenters. The highest BCUT2D eigenvalue weighted by molar-refractivity contribution is 7.52. The average Bonchev–Trinajstić information content (AvgIpc) is 2.25. The second-order valence-corrected chi connectivity index (χ2v) is 6.85. The Balaban J connectivity index is 3.86. The molecule has 0 bridgehead atoms. The number of hydrogen-bond donors (Lipinski definition) is 2. The molecule has 0 aliphatic rings. The van der Waals surface area contributed by atoms with E-state index in [1.165, 1.54) is 12.8 Å². The molecule has 0 aliphatic heterocycles. The zero-order valence-corrected chi connectivity index (χ0v) is 12.3. The molecule has 0 aromatic carbocycles. The van der Waals surface area contributed by atoms with E-state index in [2.05, 4.69) is 13.8 Å². The molecule has 17 heavy (non-hydrogen) atoms. The molecule has 0 spiro atoms. The van der Waals surface area contributed by atoms with Crippen LogP contribution in [0.25, 0.3) is 0 Å². The molecule has 3 nitrogen and oxygen atoms in total. The van der Waals surface area contributed by atoms with Crippen molar-refractivity contribution in [2.45, 2.75) is 83.7 Å². The monoisotopic (exact) mass is 264 g/mol. The molecule has 0 saturated carbocycles. The molecule has 0 aromatic heterocycles. The largest absolute Gasteiger partial charge is 0.328 e. The van der Waals surface area contributed by atoms with E-state index in [0.717, 1.165) is 38.5 Å². The molecule has 0 rings (SSSR count). The summed E-state index contributed by atoms with van der Waals surface area (Å²) < 4.78 is 11.4. The Labute approximate surface area is 106 Å². The first-order chi connectivity index (χ1) is 8.02. The summed E-state index contributed by atoms with van der Waals surface area (Å²) in [6, 6.07) is 0. The Morgan fingerprint density at radius 1 is 0.824 bits per heavy atom. The molecule has 0 aliphatic carbocycles. The van der Waals surface area contributed by atoms with Crippen molar-refractivity contribution >= 4 is 7.60 Å². The summed E-state index contributed by atoms with van der Waals surface area (Å²) in [5.74, 6) is 0. The zero-order chi connectivity index (χ0) is 13.1. The predicted octanol–water partition coefficient (Wildman–Crippen LogP) is 4.47. The van der Waals surface area contributed by atoms with Crippen molar-refractivity contribution in [2.24, 2.45) is 0 Å². The third kappa shape index (κ3) is 9.82. The molecule has 0 amide bonds. The van der Waals surface area contributed by atoms with Crippen LogP contribution in [0.5, 0.6) is 0 Å². The van der Waals surface area contributed by atoms with Crippen molar-refractivity contribution in [3.05, 3.63) is 0 Å². The standard InChI is InChI=1S/C13H29O3P/c1-3-5-7-9-11-13(17(14,15)16)12-10-8-6-4-2/h13H,3-12H2,1-2H3,(H2,14,15,16). The minimum Gasteiger partial charge on any atom is -0.324 e. The van der Waals surface area contributed by atoms with Gasteiger partial charge in [0, 0.05) is 0 Å². The maximum absolute atomic E-state index is 11.4. The first-order valence-corrected chi connectivity index (χ1v) is 8.75. The van der Waals surface area contributed by atoms with Gasteiger partial charge in [-0.1, -0.05) is 65.2 Å². The van der Waals surface area contributed by atoms with Gasteiger partial charge in [0.25, 0.3) is 0 Å². The molecular formula is C13H29O3P. The van der Waals surface area contributed by atoms with Gasteiger partial charge < -0.3 is 9.79 Å². The van der Waals surface area contributed by atoms with Crippen molar-refractivity contribution in [1.82, 2.24) is 0 Å². The Hall–Kier alpha value is 0.150. The molecule has 0 fully saturated rings. The third-order valence-corrected chi connectivity index (χ3v) is 4.73. The highest BCUT2D eigenvalue weighted by atomic mass is 31.2. The first-order valence-electron chi connectivity index (χ1n) is 7.07. The Morgan fingerprint density at radius 2 is 1.24 bits per heavy atom. The zero-order valence-electron chi connectivity index (χ0n) is 11.4. The van der Waals surface area contributed by atoms with Crippen molar-refractivity contribution in [2.75, 3.05) is 0 Å². The second-order valence-electron chi connectivity index (χ2n) is 4.94. The molecule has 0 aromatic rings. The number of rotatable bonds is 11. The fraction of sp³-hybridized carbons (Fsp3) is 1.00. The SMILES string of the molecule is CCCCCCC(CCCCCC)P(=O)(O)O. The molecular weight excluding hydrogens is 235 g/mol. The summed E-state index contributed by atoms with van der Waals surface area (Å²) >= 11 is 0. The van der Waals surface area contributed by atoms with Crippen LogP contribution < -0.4 is 0 Å². The van der Waals surface area contributed by atoms with Crippen LogP contribution in [0.4, 0.5) is 0 Å². The molecule has 2 N–H and O–H groups in total. The Morgan fingerprint density at radius 3 is 1.53 bits per heavy atom. The minimum atomic E-state index is -3.87. The number of hydrogen-bond acceptors (Lipinski definition) is 1. The van der Waals surface area contributed by atoms with Crippen molar-refractivity contribution in [1.29, 1.82) is 0 Å². The summed E-state index contributed by atoms with van der Waals surface area (Å²) in [6.07, 6.45) is 10.2. The fourth-order valence-corrected chi connectivity index (χ4v) is 3.13. The maximum atomic E-state index is 11.4. The highest BCUT2D eigenvalue weighted by Crippen LogP contribution is 2.46. The molecule has 0 radical (unpaired) electrons. The Bertz CT molecular complexity index is 201. The van der Waals surface area contributed by atoms with Gasteiger partial charge in [0.15, 0.2) is 0 Å². The second kappa shape index (κ2) is 10.1. The van der Waals surface area contributed by atoms with Gasteiger partial charge in [0.2, 0.25) is 0 Å². The van der Waals surface area contributed by atoms with Crippen molar-refractivity contribution in [3.63, 3.8) is 0 Å². The third-order valence-electron chi connectivity index (χ3n) is 3.26. The van der Waals surface area contributed by atoms with Gasteiger partial charge in [-0.3, -0.25) is 4.57 Å². The van der Waals surface area contributed by atoms with Crippen LogP contribution in [0, 0.1) is 0 Å². The van der Waals surface area contributed by atoms with E-state index < -0.39 is 13.3 Å². The summed E-state index contributed by atoms with van der Waals surface area (Å²) in [5, 5.41) is 0. The van der Waals surface area contributed by atoms with Crippen LogP contribution in [-0.4, -0.2) is 15.4 Å². The molecule has 104 valence electrons. The fourth-order valence-electron chi connectivity index (χ4n) is 2.09. The van der Waals surface area contributed by atoms with E-state index in [1.54, 1.807) is 0 Å². The van der Waals surface area contributed by atoms with E-state index in [0.29, 0.717) is 12.8 Å². The first kappa shape index (κ1) is 17.2. The molecule has 0 heterocycles. The summed E-state index contributed by atoms with van der Waals surface area (Å²) in [5.41, 5.74) is -0.392. The normalized spacial score (nSPS) is 12.3. The predicted molar refractivity (Wildman–Crippen MR) is 73.4 cm³/mol. The van der Waals surface area contributed by atoms with Crippen molar-refractivity contribution in [3.8, 4) is 0 Å². The van der Waals surface area contributed by atoms with E-state index >= 15 is 0 Å². The van der Waals surface area contributed by atoms with E-state index in [1.807, 2.05) is 0 Å². The highest BCUT2D eigenvalue weighted by Gasteiger charge is 2.27. The van der Waals surface area contributed by atoms with Gasteiger partial charge in [0.1, 0.15) is 0 Å². The van der Waals surface area contributed by atoms with E-state index in [4.69, 9.17) is 0 Å². The van der Waals surface area contributed by atoms with Crippen LogP contribution in [0.2, 0.25) is 0 Å². The van der Waals surface area contributed by atoms with Gasteiger partial charge in [-0.15, -0.1) is 0 Å². The van der Waals surface area contributed by atoms with Gasteiger partial charge in [-0.25, -0.2) is 0 Å². The lowest BCUT2D eigenvalue weighted by atomic mass is 10.1.